The smallest absolute Gasteiger partial charge is 0.341 e. The number of halogens is 1. The first-order chi connectivity index (χ1) is 13.7. The van der Waals surface area contributed by atoms with E-state index in [1.807, 2.05) is 4.90 Å². The Hall–Kier alpha value is -2.61. The molecule has 0 bridgehead atoms. The molecule has 2 aliphatic rings. The van der Waals surface area contributed by atoms with Crippen LogP contribution in [0.2, 0.25) is 0 Å². The monoisotopic (exact) mass is 403 g/mol. The maximum Gasteiger partial charge on any atom is 0.341 e. The Labute approximate surface area is 167 Å². The third-order valence-corrected chi connectivity index (χ3v) is 6.07. The summed E-state index contributed by atoms with van der Waals surface area (Å²) < 4.78 is 16.3. The number of hydrogen-bond donors (Lipinski definition) is 2. The number of nitrogens with zero attached hydrogens (tertiary/aromatic N) is 2. The number of carbonyl (C=O) groups is 1. The molecule has 1 aromatic carbocycles. The van der Waals surface area contributed by atoms with Gasteiger partial charge in [0, 0.05) is 19.1 Å². The third kappa shape index (κ3) is 3.69. The molecule has 29 heavy (non-hydrogen) atoms. The zero-order valence-corrected chi connectivity index (χ0v) is 16.7. The van der Waals surface area contributed by atoms with Gasteiger partial charge in [0.05, 0.1) is 22.8 Å². The van der Waals surface area contributed by atoms with Crippen molar-refractivity contribution >= 4 is 22.6 Å². The van der Waals surface area contributed by atoms with Crippen LogP contribution in [0.5, 0.6) is 0 Å². The lowest BCUT2D eigenvalue weighted by Crippen LogP contribution is -2.52. The molecule has 1 saturated carbocycles. The van der Waals surface area contributed by atoms with Crippen LogP contribution >= 0.6 is 0 Å². The van der Waals surface area contributed by atoms with E-state index in [4.69, 9.17) is 10.6 Å². The fourth-order valence-corrected chi connectivity index (χ4v) is 3.86. The van der Waals surface area contributed by atoms with Gasteiger partial charge in [-0.05, 0) is 42.7 Å². The van der Waals surface area contributed by atoms with Crippen molar-refractivity contribution < 1.29 is 19.1 Å². The summed E-state index contributed by atoms with van der Waals surface area (Å²) in [6, 6.07) is 2.73. The molecule has 1 saturated heterocycles. The van der Waals surface area contributed by atoms with Gasteiger partial charge < -0.3 is 20.6 Å². The number of carboxylic acid groups (broad SMARTS) is 1. The van der Waals surface area contributed by atoms with E-state index in [-0.39, 0.29) is 16.8 Å². The molecule has 1 unspecified atom stereocenters. The molecule has 3 N–H and O–H groups in total. The summed E-state index contributed by atoms with van der Waals surface area (Å²) in [6.45, 7) is 5.72. The molecule has 4 rings (SSSR count). The Morgan fingerprint density at radius 3 is 2.69 bits per heavy atom. The molecule has 1 aromatic heterocycles. The van der Waals surface area contributed by atoms with E-state index in [9.17, 15) is 14.7 Å². The van der Waals surface area contributed by atoms with Crippen LogP contribution < -0.4 is 20.9 Å². The van der Waals surface area contributed by atoms with E-state index in [0.29, 0.717) is 36.8 Å². The molecule has 2 heterocycles. The summed E-state index contributed by atoms with van der Waals surface area (Å²) in [5.41, 5.74) is 5.59. The predicted molar refractivity (Wildman–Crippen MR) is 108 cm³/mol. The second-order valence-electron chi connectivity index (χ2n) is 8.87. The van der Waals surface area contributed by atoms with Crippen molar-refractivity contribution in [3.8, 4) is 0 Å². The number of benzene rings is 1. The quantitative estimate of drug-likeness (QED) is 0.795. The van der Waals surface area contributed by atoms with Crippen molar-refractivity contribution in [3.05, 3.63) is 39.9 Å². The van der Waals surface area contributed by atoms with Gasteiger partial charge in [-0.25, -0.2) is 9.18 Å². The molecule has 2 fully saturated rings. The summed E-state index contributed by atoms with van der Waals surface area (Å²) in [5, 5.41) is 9.36. The van der Waals surface area contributed by atoms with Crippen molar-refractivity contribution in [1.82, 2.24) is 4.73 Å². The Morgan fingerprint density at radius 2 is 2.07 bits per heavy atom. The van der Waals surface area contributed by atoms with Gasteiger partial charge in [0.1, 0.15) is 18.0 Å². The minimum absolute atomic E-state index is 0.00471. The predicted octanol–water partition coefficient (Wildman–Crippen LogP) is 2.24. The van der Waals surface area contributed by atoms with Crippen molar-refractivity contribution in [2.75, 3.05) is 24.6 Å². The van der Waals surface area contributed by atoms with Gasteiger partial charge in [0.2, 0.25) is 5.43 Å². The molecular weight excluding hydrogens is 377 g/mol. The summed E-state index contributed by atoms with van der Waals surface area (Å²) >= 11 is 0. The largest absolute Gasteiger partial charge is 0.477 e. The first-order valence-corrected chi connectivity index (χ1v) is 9.93. The van der Waals surface area contributed by atoms with E-state index in [1.165, 1.54) is 10.9 Å². The zero-order chi connectivity index (χ0) is 20.9. The van der Waals surface area contributed by atoms with Crippen molar-refractivity contribution in [3.63, 3.8) is 0 Å². The zero-order valence-electron chi connectivity index (χ0n) is 16.7. The van der Waals surface area contributed by atoms with Crippen LogP contribution in [0.1, 0.15) is 43.5 Å². The average molecular weight is 403 g/mol. The number of pyridine rings is 1. The van der Waals surface area contributed by atoms with E-state index < -0.39 is 22.8 Å². The van der Waals surface area contributed by atoms with Crippen LogP contribution in [-0.4, -0.2) is 41.5 Å². The number of rotatable bonds is 5. The number of aromatic nitrogens is 1. The van der Waals surface area contributed by atoms with Gasteiger partial charge in [-0.2, -0.15) is 4.73 Å². The molecule has 0 spiro atoms. The first kappa shape index (κ1) is 19.7. The van der Waals surface area contributed by atoms with E-state index in [1.54, 1.807) is 6.07 Å². The minimum Gasteiger partial charge on any atom is -0.477 e. The fraction of sp³-hybridized carbons (Fsp3) is 0.524. The maximum absolute atomic E-state index is 15.0. The highest BCUT2D eigenvalue weighted by atomic mass is 19.1. The SMILES string of the molecule is CC1(C)CN(c2cc3c(cc2F)c(=O)c(C(=O)O)cn3OCC2CC2)CCC1N. The number of carboxylic acids is 1. The van der Waals surface area contributed by atoms with E-state index in [2.05, 4.69) is 13.8 Å². The molecule has 1 aliphatic carbocycles. The van der Waals surface area contributed by atoms with Crippen LogP contribution in [0, 0.1) is 17.2 Å². The normalized spacial score (nSPS) is 21.4. The number of aromatic carboxylic acids is 1. The molecular formula is C21H26FN3O4. The van der Waals surface area contributed by atoms with Crippen LogP contribution in [-0.2, 0) is 0 Å². The molecule has 2 aromatic rings. The molecule has 7 nitrogen and oxygen atoms in total. The minimum atomic E-state index is -1.36. The molecule has 1 atom stereocenters. The Morgan fingerprint density at radius 1 is 1.34 bits per heavy atom. The molecule has 8 heteroatoms. The number of fused-ring (bicyclic) bond motifs is 1. The van der Waals surface area contributed by atoms with Crippen LogP contribution in [0.4, 0.5) is 10.1 Å². The Bertz CT molecular complexity index is 1030. The highest BCUT2D eigenvalue weighted by Crippen LogP contribution is 2.34. The van der Waals surface area contributed by atoms with Gasteiger partial charge >= 0.3 is 5.97 Å². The summed E-state index contributed by atoms with van der Waals surface area (Å²) in [5.74, 6) is -1.49. The number of anilines is 1. The summed E-state index contributed by atoms with van der Waals surface area (Å²) in [6.07, 6.45) is 4.04. The average Bonchev–Trinajstić information content (AvgIpc) is 3.47. The van der Waals surface area contributed by atoms with E-state index >= 15 is 4.39 Å². The maximum atomic E-state index is 15.0. The van der Waals surface area contributed by atoms with Gasteiger partial charge in [-0.15, -0.1) is 0 Å². The van der Waals surface area contributed by atoms with Crippen molar-refractivity contribution in [2.45, 2.75) is 39.2 Å². The van der Waals surface area contributed by atoms with Crippen LogP contribution in [0.3, 0.4) is 0 Å². The summed E-state index contributed by atoms with van der Waals surface area (Å²) in [7, 11) is 0. The number of piperidine rings is 1. The molecule has 0 amide bonds. The van der Waals surface area contributed by atoms with Gasteiger partial charge in [0.25, 0.3) is 0 Å². The molecule has 0 radical (unpaired) electrons. The van der Waals surface area contributed by atoms with Gasteiger partial charge in [-0.3, -0.25) is 4.79 Å². The lowest BCUT2D eigenvalue weighted by molar-refractivity contribution is 0.0685. The fourth-order valence-electron chi connectivity index (χ4n) is 3.86. The lowest BCUT2D eigenvalue weighted by atomic mass is 9.79. The van der Waals surface area contributed by atoms with Gasteiger partial charge in [0.15, 0.2) is 0 Å². The highest BCUT2D eigenvalue weighted by molar-refractivity contribution is 5.93. The first-order valence-electron chi connectivity index (χ1n) is 9.93. The highest BCUT2D eigenvalue weighted by Gasteiger charge is 2.34. The number of hydrogen-bond acceptors (Lipinski definition) is 5. The second-order valence-corrected chi connectivity index (χ2v) is 8.87. The molecule has 156 valence electrons. The van der Waals surface area contributed by atoms with Crippen LogP contribution in [0.15, 0.2) is 23.1 Å². The standard InChI is InChI=1S/C21H26FN3O4/c1-21(2)11-24(6-5-18(21)23)17-8-16-13(7-15(17)22)19(26)14(20(27)28)9-25(16)29-10-12-3-4-12/h7-9,12,18H,3-6,10-11,23H2,1-2H3,(H,27,28). The van der Waals surface area contributed by atoms with Crippen molar-refractivity contribution in [2.24, 2.45) is 17.1 Å². The topological polar surface area (TPSA) is 97.8 Å². The van der Waals surface area contributed by atoms with Crippen LogP contribution in [0.25, 0.3) is 10.9 Å². The molecule has 1 aliphatic heterocycles. The van der Waals surface area contributed by atoms with E-state index in [0.717, 1.165) is 25.3 Å². The third-order valence-electron chi connectivity index (χ3n) is 6.07. The Balaban J connectivity index is 1.82. The number of nitrogens with two attached hydrogens (primary N) is 1. The second kappa shape index (κ2) is 7.02. The van der Waals surface area contributed by atoms with Crippen molar-refractivity contribution in [1.29, 1.82) is 0 Å². The van der Waals surface area contributed by atoms with Gasteiger partial charge in [-0.1, -0.05) is 13.8 Å². The lowest BCUT2D eigenvalue weighted by Gasteiger charge is -2.43. The Kier molecular flexibility index (Phi) is 4.77. The summed E-state index contributed by atoms with van der Waals surface area (Å²) in [4.78, 5) is 31.8.